The predicted octanol–water partition coefficient (Wildman–Crippen LogP) is 2.07. The van der Waals surface area contributed by atoms with Crippen molar-refractivity contribution in [2.24, 2.45) is 7.05 Å². The molecular weight excluding hydrogens is 280 g/mol. The van der Waals surface area contributed by atoms with Crippen molar-refractivity contribution in [1.82, 2.24) is 4.57 Å². The Hall–Kier alpha value is -0.920. The van der Waals surface area contributed by atoms with E-state index in [1.54, 1.807) is 0 Å². The van der Waals surface area contributed by atoms with Crippen molar-refractivity contribution in [2.75, 3.05) is 0 Å². The SMILES string of the molecule is CCCCCCCCCn1cc[n+](C)c1.O=S(=O)([O-])O. The third kappa shape index (κ3) is 15.1. The minimum absolute atomic E-state index is 1.18. The molecule has 1 aromatic heterocycles. The lowest BCUT2D eigenvalue weighted by Crippen LogP contribution is -2.23. The summed E-state index contributed by atoms with van der Waals surface area (Å²) < 4.78 is 37.2. The highest BCUT2D eigenvalue weighted by atomic mass is 32.3. The van der Waals surface area contributed by atoms with Gasteiger partial charge < -0.3 is 4.55 Å². The van der Waals surface area contributed by atoms with Crippen LogP contribution < -0.4 is 4.57 Å². The lowest BCUT2D eigenvalue weighted by molar-refractivity contribution is -0.671. The first-order chi connectivity index (χ1) is 9.33. The Balaban J connectivity index is 0.000000621. The maximum absolute atomic E-state index is 8.63. The molecule has 0 saturated heterocycles. The highest BCUT2D eigenvalue weighted by Gasteiger charge is 1.98. The fraction of sp³-hybridized carbons (Fsp3) is 0.769. The first-order valence-corrected chi connectivity index (χ1v) is 8.38. The lowest BCUT2D eigenvalue weighted by atomic mass is 10.1. The van der Waals surface area contributed by atoms with Crippen LogP contribution in [0.4, 0.5) is 0 Å². The molecule has 0 amide bonds. The Labute approximate surface area is 122 Å². The molecule has 1 heterocycles. The molecule has 7 heteroatoms. The molecule has 20 heavy (non-hydrogen) atoms. The van der Waals surface area contributed by atoms with E-state index < -0.39 is 10.4 Å². The quantitative estimate of drug-likeness (QED) is 0.345. The summed E-state index contributed by atoms with van der Waals surface area (Å²) in [6.45, 7) is 3.45. The van der Waals surface area contributed by atoms with Crippen molar-refractivity contribution in [1.29, 1.82) is 0 Å². The van der Waals surface area contributed by atoms with Gasteiger partial charge in [0.25, 0.3) is 0 Å². The second-order valence-corrected chi connectivity index (χ2v) is 5.72. The number of imidazole rings is 1. The van der Waals surface area contributed by atoms with Gasteiger partial charge >= 0.3 is 0 Å². The monoisotopic (exact) mass is 306 g/mol. The Bertz CT molecular complexity index is 435. The van der Waals surface area contributed by atoms with E-state index in [1.165, 1.54) is 51.5 Å². The second-order valence-electron chi connectivity index (χ2n) is 4.87. The molecule has 0 unspecified atom stereocenters. The van der Waals surface area contributed by atoms with Crippen LogP contribution in [0.2, 0.25) is 0 Å². The van der Waals surface area contributed by atoms with E-state index in [4.69, 9.17) is 17.5 Å². The number of hydrogen-bond acceptors (Lipinski definition) is 3. The molecule has 0 aliphatic carbocycles. The fourth-order valence-corrected chi connectivity index (χ4v) is 1.89. The molecule has 0 aromatic carbocycles. The maximum Gasteiger partial charge on any atom is 0.243 e. The molecule has 0 bridgehead atoms. The molecule has 0 atom stereocenters. The third-order valence-electron chi connectivity index (χ3n) is 2.84. The standard InChI is InChI=1S/C13H25N2.H2O4S/c1-3-4-5-6-7-8-9-10-15-12-11-14(2)13-15;1-5(2,3)4/h11-13H,3-10H2,1-2H3;(H2,1,2,3,4)/q+1;/p-1. The summed E-state index contributed by atoms with van der Waals surface area (Å²) in [6, 6.07) is 0. The minimum Gasteiger partial charge on any atom is -0.726 e. The van der Waals surface area contributed by atoms with Gasteiger partial charge in [-0.3, -0.25) is 4.55 Å². The zero-order chi connectivity index (χ0) is 15.4. The van der Waals surface area contributed by atoms with Gasteiger partial charge in [0, 0.05) is 0 Å². The third-order valence-corrected chi connectivity index (χ3v) is 2.84. The van der Waals surface area contributed by atoms with Crippen LogP contribution in [-0.4, -0.2) is 22.1 Å². The summed E-state index contributed by atoms with van der Waals surface area (Å²) in [6.07, 6.45) is 16.1. The summed E-state index contributed by atoms with van der Waals surface area (Å²) in [5.41, 5.74) is 0. The zero-order valence-electron chi connectivity index (χ0n) is 12.4. The normalized spacial score (nSPS) is 11.0. The number of aromatic nitrogens is 2. The molecule has 118 valence electrons. The molecule has 0 aliphatic heterocycles. The Morgan fingerprint density at radius 3 is 2.10 bits per heavy atom. The van der Waals surface area contributed by atoms with E-state index in [0.29, 0.717) is 0 Å². The largest absolute Gasteiger partial charge is 0.726 e. The van der Waals surface area contributed by atoms with Gasteiger partial charge in [0.05, 0.1) is 13.6 Å². The first-order valence-electron chi connectivity index (χ1n) is 7.02. The van der Waals surface area contributed by atoms with Gasteiger partial charge in [-0.05, 0) is 12.8 Å². The molecule has 0 spiro atoms. The van der Waals surface area contributed by atoms with E-state index in [1.807, 2.05) is 0 Å². The van der Waals surface area contributed by atoms with Gasteiger partial charge in [-0.25, -0.2) is 17.6 Å². The van der Waals surface area contributed by atoms with Crippen LogP contribution in [0.15, 0.2) is 18.7 Å². The van der Waals surface area contributed by atoms with E-state index in [9.17, 15) is 0 Å². The van der Waals surface area contributed by atoms with E-state index >= 15 is 0 Å². The second kappa shape index (κ2) is 10.8. The maximum atomic E-state index is 8.63. The van der Waals surface area contributed by atoms with Gasteiger partial charge in [-0.2, -0.15) is 0 Å². The number of aryl methyl sites for hydroxylation is 2. The van der Waals surface area contributed by atoms with Crippen LogP contribution in [0.5, 0.6) is 0 Å². The van der Waals surface area contributed by atoms with E-state index in [-0.39, 0.29) is 0 Å². The molecule has 0 aliphatic rings. The highest BCUT2D eigenvalue weighted by molar-refractivity contribution is 7.79. The summed E-state index contributed by atoms with van der Waals surface area (Å²) in [5.74, 6) is 0. The number of rotatable bonds is 8. The van der Waals surface area contributed by atoms with Gasteiger partial charge in [-0.1, -0.05) is 39.0 Å². The summed E-state index contributed by atoms with van der Waals surface area (Å²) >= 11 is 0. The van der Waals surface area contributed by atoms with Crippen LogP contribution in [-0.2, 0) is 24.0 Å². The molecule has 1 N–H and O–H groups in total. The molecule has 1 rings (SSSR count). The summed E-state index contributed by atoms with van der Waals surface area (Å²) in [5, 5.41) is 0. The lowest BCUT2D eigenvalue weighted by Gasteiger charge is -1.99. The highest BCUT2D eigenvalue weighted by Crippen LogP contribution is 2.07. The average molecular weight is 306 g/mol. The fourth-order valence-electron chi connectivity index (χ4n) is 1.89. The number of nitrogens with zero attached hydrogens (tertiary/aromatic N) is 2. The molecule has 0 radical (unpaired) electrons. The van der Waals surface area contributed by atoms with Crippen LogP contribution in [0.3, 0.4) is 0 Å². The van der Waals surface area contributed by atoms with Crippen molar-refractivity contribution in [3.05, 3.63) is 18.7 Å². The zero-order valence-corrected chi connectivity index (χ0v) is 13.2. The van der Waals surface area contributed by atoms with E-state index in [2.05, 4.69) is 41.8 Å². The Morgan fingerprint density at radius 1 is 1.15 bits per heavy atom. The topological polar surface area (TPSA) is 86.2 Å². The van der Waals surface area contributed by atoms with Crippen LogP contribution in [0.25, 0.3) is 0 Å². The van der Waals surface area contributed by atoms with Gasteiger partial charge in [-0.15, -0.1) is 0 Å². The summed E-state index contributed by atoms with van der Waals surface area (Å²) in [4.78, 5) is 0. The predicted molar refractivity (Wildman–Crippen MR) is 75.9 cm³/mol. The minimum atomic E-state index is -4.92. The van der Waals surface area contributed by atoms with Crippen molar-refractivity contribution in [3.63, 3.8) is 0 Å². The molecule has 0 saturated carbocycles. The van der Waals surface area contributed by atoms with Crippen molar-refractivity contribution < 1.29 is 22.1 Å². The molecular formula is C13H26N2O4S. The number of unbranched alkanes of at least 4 members (excludes halogenated alkanes) is 6. The molecule has 1 aromatic rings. The van der Waals surface area contributed by atoms with E-state index in [0.717, 1.165) is 0 Å². The first kappa shape index (κ1) is 19.1. The molecule has 0 fully saturated rings. The van der Waals surface area contributed by atoms with Gasteiger partial charge in [0.2, 0.25) is 16.7 Å². The van der Waals surface area contributed by atoms with Crippen LogP contribution in [0.1, 0.15) is 51.9 Å². The Morgan fingerprint density at radius 2 is 1.65 bits per heavy atom. The van der Waals surface area contributed by atoms with Crippen molar-refractivity contribution in [2.45, 2.75) is 58.4 Å². The smallest absolute Gasteiger partial charge is 0.243 e. The van der Waals surface area contributed by atoms with Gasteiger partial charge in [0.1, 0.15) is 12.4 Å². The van der Waals surface area contributed by atoms with Crippen molar-refractivity contribution >= 4 is 10.4 Å². The summed E-state index contributed by atoms with van der Waals surface area (Å²) in [7, 11) is -2.85. The molecule has 6 nitrogen and oxygen atoms in total. The average Bonchev–Trinajstić information content (AvgIpc) is 2.72. The Kier molecular flexibility index (Phi) is 10.3. The van der Waals surface area contributed by atoms with Crippen molar-refractivity contribution in [3.8, 4) is 0 Å². The van der Waals surface area contributed by atoms with Gasteiger partial charge in [0.15, 0.2) is 0 Å². The number of hydrogen-bond donors (Lipinski definition) is 1. The van der Waals surface area contributed by atoms with Crippen LogP contribution in [0, 0.1) is 0 Å². The van der Waals surface area contributed by atoms with Crippen LogP contribution >= 0.6 is 0 Å².